The van der Waals surface area contributed by atoms with Gasteiger partial charge in [0.15, 0.2) is 5.78 Å². The van der Waals surface area contributed by atoms with Gasteiger partial charge in [0.1, 0.15) is 0 Å². The van der Waals surface area contributed by atoms with Crippen LogP contribution in [0.1, 0.15) is 27.9 Å². The maximum Gasteiger partial charge on any atom is 0.177 e. The highest BCUT2D eigenvalue weighted by Gasteiger charge is 2.18. The zero-order chi connectivity index (χ0) is 10.8. The van der Waals surface area contributed by atoms with E-state index in [4.69, 9.17) is 11.6 Å². The average Bonchev–Trinajstić information content (AvgIpc) is 2.73. The van der Waals surface area contributed by atoms with E-state index in [1.165, 1.54) is 17.5 Å². The van der Waals surface area contributed by atoms with Gasteiger partial charge in [-0.15, -0.1) is 11.6 Å². The lowest BCUT2D eigenvalue weighted by Crippen LogP contribution is -2.15. The summed E-state index contributed by atoms with van der Waals surface area (Å²) < 4.78 is 0. The Morgan fingerprint density at radius 1 is 1.40 bits per heavy atom. The summed E-state index contributed by atoms with van der Waals surface area (Å²) in [6, 6.07) is 6.00. The topological polar surface area (TPSA) is 17.1 Å². The molecule has 0 saturated carbocycles. The van der Waals surface area contributed by atoms with E-state index in [1.807, 2.05) is 12.1 Å². The van der Waals surface area contributed by atoms with Gasteiger partial charge in [-0.3, -0.25) is 4.79 Å². The van der Waals surface area contributed by atoms with Crippen molar-refractivity contribution in [3.05, 3.63) is 34.9 Å². The molecule has 1 atom stereocenters. The van der Waals surface area contributed by atoms with Crippen LogP contribution >= 0.6 is 27.5 Å². The van der Waals surface area contributed by atoms with Gasteiger partial charge in [0.25, 0.3) is 0 Å². The van der Waals surface area contributed by atoms with Crippen LogP contribution in [0.3, 0.4) is 0 Å². The molecule has 80 valence electrons. The highest BCUT2D eigenvalue weighted by atomic mass is 79.9. The summed E-state index contributed by atoms with van der Waals surface area (Å²) in [6.45, 7) is 0. The second-order valence-corrected chi connectivity index (χ2v) is 5.24. The van der Waals surface area contributed by atoms with Crippen molar-refractivity contribution >= 4 is 33.3 Å². The van der Waals surface area contributed by atoms with Crippen LogP contribution in [-0.4, -0.2) is 16.5 Å². The molecule has 3 heteroatoms. The zero-order valence-corrected chi connectivity index (χ0v) is 10.6. The van der Waals surface area contributed by atoms with Crippen LogP contribution < -0.4 is 0 Å². The Bertz CT molecular complexity index is 389. The maximum atomic E-state index is 11.8. The molecule has 2 rings (SSSR count). The molecule has 1 aliphatic rings. The van der Waals surface area contributed by atoms with E-state index in [0.717, 1.165) is 18.4 Å². The summed E-state index contributed by atoms with van der Waals surface area (Å²) >= 11 is 8.92. The fourth-order valence-electron chi connectivity index (χ4n) is 1.98. The Morgan fingerprint density at radius 3 is 2.87 bits per heavy atom. The third kappa shape index (κ3) is 2.26. The van der Waals surface area contributed by atoms with Gasteiger partial charge >= 0.3 is 0 Å². The molecule has 0 amide bonds. The number of hydrogen-bond acceptors (Lipinski definition) is 1. The molecule has 15 heavy (non-hydrogen) atoms. The van der Waals surface area contributed by atoms with Crippen molar-refractivity contribution in [3.63, 3.8) is 0 Å². The monoisotopic (exact) mass is 286 g/mol. The molecule has 0 radical (unpaired) electrons. The highest BCUT2D eigenvalue weighted by Crippen LogP contribution is 2.24. The molecule has 0 fully saturated rings. The summed E-state index contributed by atoms with van der Waals surface area (Å²) in [5.74, 6) is 0.398. The first-order chi connectivity index (χ1) is 7.22. The van der Waals surface area contributed by atoms with Crippen LogP contribution in [0.5, 0.6) is 0 Å². The van der Waals surface area contributed by atoms with E-state index in [0.29, 0.717) is 5.88 Å². The van der Waals surface area contributed by atoms with Crippen molar-refractivity contribution in [2.24, 2.45) is 0 Å². The minimum atomic E-state index is -0.265. The minimum Gasteiger partial charge on any atom is -0.293 e. The van der Waals surface area contributed by atoms with Gasteiger partial charge < -0.3 is 0 Å². The molecule has 0 heterocycles. The van der Waals surface area contributed by atoms with Gasteiger partial charge in [0.2, 0.25) is 0 Å². The highest BCUT2D eigenvalue weighted by molar-refractivity contribution is 9.10. The number of Topliss-reactive ketones (excluding diaryl/α,β-unsaturated/α-hetero) is 1. The van der Waals surface area contributed by atoms with Gasteiger partial charge in [-0.1, -0.05) is 28.1 Å². The third-order valence-electron chi connectivity index (χ3n) is 2.80. The van der Waals surface area contributed by atoms with Crippen LogP contribution in [0.15, 0.2) is 18.2 Å². The number of fused-ring (bicyclic) bond motifs is 1. The summed E-state index contributed by atoms with van der Waals surface area (Å²) in [7, 11) is 0. The maximum absolute atomic E-state index is 11.8. The Hall–Kier alpha value is -0.340. The third-order valence-corrected chi connectivity index (χ3v) is 4.22. The number of carbonyl (C=O) groups excluding carboxylic acids is 1. The number of alkyl halides is 2. The van der Waals surface area contributed by atoms with Crippen molar-refractivity contribution in [1.82, 2.24) is 0 Å². The first-order valence-electron chi connectivity index (χ1n) is 5.08. The van der Waals surface area contributed by atoms with E-state index >= 15 is 0 Å². The predicted octanol–water partition coefficient (Wildman–Crippen LogP) is 3.36. The molecular formula is C12H12BrClO. The van der Waals surface area contributed by atoms with Crippen LogP contribution in [0.25, 0.3) is 0 Å². The van der Waals surface area contributed by atoms with Crippen LogP contribution in [0.4, 0.5) is 0 Å². The molecule has 0 bridgehead atoms. The van der Waals surface area contributed by atoms with E-state index < -0.39 is 0 Å². The number of rotatable bonds is 3. The fourth-order valence-corrected chi connectivity index (χ4v) is 2.38. The normalized spacial score (nSPS) is 16.1. The number of aryl methyl sites for hydroxylation is 2. The second-order valence-electron chi connectivity index (χ2n) is 3.82. The SMILES string of the molecule is O=C(c1ccc2c(c1)CCC2)C(Br)CCl. The molecule has 1 aromatic rings. The number of ketones is 1. The molecule has 1 aromatic carbocycles. The zero-order valence-electron chi connectivity index (χ0n) is 8.30. The molecule has 1 nitrogen and oxygen atoms in total. The number of benzene rings is 1. The second kappa shape index (κ2) is 4.67. The van der Waals surface area contributed by atoms with Crippen LogP contribution in [-0.2, 0) is 12.8 Å². The van der Waals surface area contributed by atoms with E-state index in [-0.39, 0.29) is 10.6 Å². The Kier molecular flexibility index (Phi) is 3.47. The van der Waals surface area contributed by atoms with Crippen LogP contribution in [0.2, 0.25) is 0 Å². The Balaban J connectivity index is 2.26. The minimum absolute atomic E-state index is 0.0831. The standard InChI is InChI=1S/C12H12BrClO/c13-11(7-14)12(15)10-5-4-8-2-1-3-9(8)6-10/h4-6,11H,1-3,7H2. The van der Waals surface area contributed by atoms with Gasteiger partial charge in [-0.2, -0.15) is 0 Å². The van der Waals surface area contributed by atoms with Crippen molar-refractivity contribution in [2.45, 2.75) is 24.1 Å². The molecule has 0 aliphatic heterocycles. The molecule has 1 unspecified atom stereocenters. The van der Waals surface area contributed by atoms with E-state index in [9.17, 15) is 4.79 Å². The molecule has 0 spiro atoms. The number of carbonyl (C=O) groups is 1. The molecule has 0 aromatic heterocycles. The van der Waals surface area contributed by atoms with E-state index in [1.54, 1.807) is 0 Å². The van der Waals surface area contributed by atoms with Crippen LogP contribution in [0, 0.1) is 0 Å². The summed E-state index contributed by atoms with van der Waals surface area (Å²) in [6.07, 6.45) is 3.46. The summed E-state index contributed by atoms with van der Waals surface area (Å²) in [4.78, 5) is 11.6. The lowest BCUT2D eigenvalue weighted by molar-refractivity contribution is 0.0996. The Labute approximate surface area is 103 Å². The predicted molar refractivity (Wildman–Crippen MR) is 66.2 cm³/mol. The van der Waals surface area contributed by atoms with E-state index in [2.05, 4.69) is 22.0 Å². The van der Waals surface area contributed by atoms with Gasteiger partial charge in [0.05, 0.1) is 4.83 Å². The van der Waals surface area contributed by atoms with Gasteiger partial charge in [-0.25, -0.2) is 0 Å². The lowest BCUT2D eigenvalue weighted by Gasteiger charge is -2.07. The summed E-state index contributed by atoms with van der Waals surface area (Å²) in [5, 5.41) is 0. The number of hydrogen-bond donors (Lipinski definition) is 0. The Morgan fingerprint density at radius 2 is 2.13 bits per heavy atom. The molecular weight excluding hydrogens is 275 g/mol. The quantitative estimate of drug-likeness (QED) is 0.615. The first kappa shape index (κ1) is 11.2. The van der Waals surface area contributed by atoms with Crippen molar-refractivity contribution in [2.75, 3.05) is 5.88 Å². The van der Waals surface area contributed by atoms with Crippen molar-refractivity contribution in [3.8, 4) is 0 Å². The largest absolute Gasteiger partial charge is 0.293 e. The first-order valence-corrected chi connectivity index (χ1v) is 6.53. The number of halogens is 2. The lowest BCUT2D eigenvalue weighted by atomic mass is 10.0. The molecule has 0 saturated heterocycles. The van der Waals surface area contributed by atoms with Gasteiger partial charge in [-0.05, 0) is 36.5 Å². The van der Waals surface area contributed by atoms with Crippen molar-refractivity contribution < 1.29 is 4.79 Å². The summed E-state index contributed by atoms with van der Waals surface area (Å²) in [5.41, 5.74) is 3.50. The van der Waals surface area contributed by atoms with Gasteiger partial charge in [0, 0.05) is 11.4 Å². The molecule has 1 aliphatic carbocycles. The average molecular weight is 288 g/mol. The molecule has 0 N–H and O–H groups in total. The van der Waals surface area contributed by atoms with Crippen molar-refractivity contribution in [1.29, 1.82) is 0 Å². The smallest absolute Gasteiger partial charge is 0.177 e. The fraction of sp³-hybridized carbons (Fsp3) is 0.417.